The van der Waals surface area contributed by atoms with Crippen LogP contribution >= 0.6 is 11.6 Å². The van der Waals surface area contributed by atoms with Gasteiger partial charge in [0.05, 0.1) is 23.7 Å². The third-order valence-corrected chi connectivity index (χ3v) is 8.78. The third kappa shape index (κ3) is 4.60. The molecule has 2 N–H and O–H groups in total. The first-order valence-corrected chi connectivity index (χ1v) is 14.0. The standard InChI is InChI=1S/C29H31ClN2O3S/c1-29(2,3)19-10-8-18(9-11-19)28-23-7-5-6-22(23)24-17-21(13-14-25(24)31-28)36(33,34)32-26-16-20(30)12-15-27(26)35-4/h5-6,8-17,22-23,28,31-32H,7H2,1-4H3/t22-,23+,28+/m0/s1. The summed E-state index contributed by atoms with van der Waals surface area (Å²) in [5.74, 6) is 0.864. The Hall–Kier alpha value is -2.96. The van der Waals surface area contributed by atoms with Gasteiger partial charge in [0.1, 0.15) is 5.75 Å². The average Bonchev–Trinajstić information content (AvgIpc) is 3.33. The van der Waals surface area contributed by atoms with Gasteiger partial charge < -0.3 is 10.1 Å². The van der Waals surface area contributed by atoms with E-state index in [9.17, 15) is 8.42 Å². The van der Waals surface area contributed by atoms with Gasteiger partial charge in [0.25, 0.3) is 10.0 Å². The Labute approximate surface area is 218 Å². The molecule has 1 aliphatic heterocycles. The van der Waals surface area contributed by atoms with Gasteiger partial charge in [0, 0.05) is 16.6 Å². The van der Waals surface area contributed by atoms with E-state index in [-0.39, 0.29) is 22.3 Å². The molecular weight excluding hydrogens is 492 g/mol. The fourth-order valence-corrected chi connectivity index (χ4v) is 6.49. The fraction of sp³-hybridized carbons (Fsp3) is 0.310. The van der Waals surface area contributed by atoms with Crippen molar-refractivity contribution < 1.29 is 13.2 Å². The van der Waals surface area contributed by atoms with Crippen LogP contribution in [0, 0.1) is 5.92 Å². The van der Waals surface area contributed by atoms with Crippen molar-refractivity contribution >= 4 is 33.0 Å². The second-order valence-corrected chi connectivity index (χ2v) is 12.7. The number of rotatable bonds is 5. The number of hydrogen-bond donors (Lipinski definition) is 2. The van der Waals surface area contributed by atoms with Crippen molar-refractivity contribution in [1.29, 1.82) is 0 Å². The number of allylic oxidation sites excluding steroid dienone is 2. The molecule has 188 valence electrons. The van der Waals surface area contributed by atoms with Crippen LogP contribution in [0.1, 0.15) is 55.8 Å². The van der Waals surface area contributed by atoms with Crippen LogP contribution in [0.3, 0.4) is 0 Å². The highest BCUT2D eigenvalue weighted by Gasteiger charge is 2.38. The van der Waals surface area contributed by atoms with Gasteiger partial charge in [-0.1, -0.05) is 68.8 Å². The summed E-state index contributed by atoms with van der Waals surface area (Å²) in [6, 6.07) is 19.2. The van der Waals surface area contributed by atoms with Crippen LogP contribution in [0.2, 0.25) is 5.02 Å². The molecule has 0 saturated carbocycles. The van der Waals surface area contributed by atoms with Crippen LogP contribution in [0.15, 0.2) is 77.7 Å². The molecule has 0 spiro atoms. The minimum Gasteiger partial charge on any atom is -0.495 e. The number of sulfonamides is 1. The molecule has 36 heavy (non-hydrogen) atoms. The van der Waals surface area contributed by atoms with Crippen molar-refractivity contribution in [2.24, 2.45) is 5.92 Å². The van der Waals surface area contributed by atoms with E-state index in [2.05, 4.69) is 67.2 Å². The number of fused-ring (bicyclic) bond motifs is 3. The molecule has 0 fully saturated rings. The van der Waals surface area contributed by atoms with Crippen molar-refractivity contribution in [3.05, 3.63) is 94.5 Å². The van der Waals surface area contributed by atoms with Gasteiger partial charge in [-0.25, -0.2) is 8.42 Å². The van der Waals surface area contributed by atoms with Crippen molar-refractivity contribution in [3.63, 3.8) is 0 Å². The van der Waals surface area contributed by atoms with Gasteiger partial charge in [-0.3, -0.25) is 4.72 Å². The van der Waals surface area contributed by atoms with Crippen LogP contribution in [-0.2, 0) is 15.4 Å². The number of nitrogens with one attached hydrogen (secondary N) is 2. The SMILES string of the molecule is COc1ccc(Cl)cc1NS(=O)(=O)c1ccc2c(c1)[C@H]1C=CC[C@H]1[C@@H](c1ccc(C(C)(C)C)cc1)N2. The lowest BCUT2D eigenvalue weighted by atomic mass is 9.76. The van der Waals surface area contributed by atoms with Gasteiger partial charge in [0.2, 0.25) is 0 Å². The topological polar surface area (TPSA) is 67.4 Å². The minimum absolute atomic E-state index is 0.105. The van der Waals surface area contributed by atoms with Crippen LogP contribution in [0.4, 0.5) is 11.4 Å². The minimum atomic E-state index is -3.85. The van der Waals surface area contributed by atoms with E-state index in [0.717, 1.165) is 17.7 Å². The molecule has 1 aliphatic carbocycles. The lowest BCUT2D eigenvalue weighted by Gasteiger charge is -2.38. The maximum atomic E-state index is 13.3. The molecule has 5 nitrogen and oxygen atoms in total. The highest BCUT2D eigenvalue weighted by Crippen LogP contribution is 2.50. The Morgan fingerprint density at radius 3 is 2.47 bits per heavy atom. The van der Waals surface area contributed by atoms with Gasteiger partial charge >= 0.3 is 0 Å². The third-order valence-electron chi connectivity index (χ3n) is 7.19. The predicted molar refractivity (Wildman–Crippen MR) is 147 cm³/mol. The summed E-state index contributed by atoms with van der Waals surface area (Å²) in [4.78, 5) is 0.206. The molecule has 7 heteroatoms. The van der Waals surface area contributed by atoms with Crippen molar-refractivity contribution in [1.82, 2.24) is 0 Å². The summed E-state index contributed by atoms with van der Waals surface area (Å²) < 4.78 is 34.6. The zero-order chi connectivity index (χ0) is 25.7. The Bertz CT molecular complexity index is 1430. The van der Waals surface area contributed by atoms with Gasteiger partial charge in [-0.05, 0) is 70.8 Å². The molecule has 5 rings (SSSR count). The van der Waals surface area contributed by atoms with Crippen LogP contribution in [-0.4, -0.2) is 15.5 Å². The molecular formula is C29H31ClN2O3S. The van der Waals surface area contributed by atoms with E-state index in [1.54, 1.807) is 30.3 Å². The molecule has 3 aromatic rings. The summed E-state index contributed by atoms with van der Waals surface area (Å²) in [6.45, 7) is 6.66. The zero-order valence-corrected chi connectivity index (χ0v) is 22.5. The van der Waals surface area contributed by atoms with E-state index in [0.29, 0.717) is 22.4 Å². The van der Waals surface area contributed by atoms with E-state index in [1.807, 2.05) is 6.07 Å². The quantitative estimate of drug-likeness (QED) is 0.346. The van der Waals surface area contributed by atoms with E-state index >= 15 is 0 Å². The van der Waals surface area contributed by atoms with Gasteiger partial charge in [-0.15, -0.1) is 0 Å². The van der Waals surface area contributed by atoms with E-state index < -0.39 is 10.0 Å². The Morgan fingerprint density at radius 2 is 1.78 bits per heavy atom. The van der Waals surface area contributed by atoms with Gasteiger partial charge in [-0.2, -0.15) is 0 Å². The lowest BCUT2D eigenvalue weighted by Crippen LogP contribution is -2.29. The molecule has 0 radical (unpaired) electrons. The normalized spacial score (nSPS) is 20.9. The maximum absolute atomic E-state index is 13.3. The van der Waals surface area contributed by atoms with Crippen LogP contribution in [0.5, 0.6) is 5.75 Å². The highest BCUT2D eigenvalue weighted by atomic mass is 35.5. The summed E-state index contributed by atoms with van der Waals surface area (Å²) in [5.41, 5.74) is 4.93. The molecule has 3 aromatic carbocycles. The number of halogens is 1. The molecule has 0 aromatic heterocycles. The Morgan fingerprint density at radius 1 is 1.03 bits per heavy atom. The maximum Gasteiger partial charge on any atom is 0.262 e. The molecule has 1 heterocycles. The summed E-state index contributed by atoms with van der Waals surface area (Å²) in [6.07, 6.45) is 5.36. The Kier molecular flexibility index (Phi) is 6.29. The number of anilines is 2. The highest BCUT2D eigenvalue weighted by molar-refractivity contribution is 7.92. The number of ether oxygens (including phenoxy) is 1. The molecule has 0 bridgehead atoms. The lowest BCUT2D eigenvalue weighted by molar-refractivity contribution is 0.417. The second kappa shape index (κ2) is 9.16. The van der Waals surface area contributed by atoms with Crippen molar-refractivity contribution in [2.75, 3.05) is 17.1 Å². The number of methoxy groups -OCH3 is 1. The largest absolute Gasteiger partial charge is 0.495 e. The number of benzene rings is 3. The molecule has 0 unspecified atom stereocenters. The second-order valence-electron chi connectivity index (χ2n) is 10.5. The summed E-state index contributed by atoms with van der Waals surface area (Å²) in [5, 5.41) is 4.12. The first-order valence-electron chi connectivity index (χ1n) is 12.1. The zero-order valence-electron chi connectivity index (χ0n) is 20.9. The average molecular weight is 523 g/mol. The van der Waals surface area contributed by atoms with Crippen molar-refractivity contribution in [2.45, 2.75) is 49.5 Å². The fourth-order valence-electron chi connectivity index (χ4n) is 5.22. The molecule has 0 saturated heterocycles. The van der Waals surface area contributed by atoms with Gasteiger partial charge in [0.15, 0.2) is 0 Å². The first kappa shape index (κ1) is 24.7. The van der Waals surface area contributed by atoms with Crippen LogP contribution in [0.25, 0.3) is 0 Å². The monoisotopic (exact) mass is 522 g/mol. The van der Waals surface area contributed by atoms with Crippen molar-refractivity contribution in [3.8, 4) is 5.75 Å². The molecule has 0 amide bonds. The smallest absolute Gasteiger partial charge is 0.262 e. The predicted octanol–water partition coefficient (Wildman–Crippen LogP) is 7.27. The first-order chi connectivity index (χ1) is 17.1. The summed E-state index contributed by atoms with van der Waals surface area (Å²) >= 11 is 6.09. The molecule has 2 aliphatic rings. The van der Waals surface area contributed by atoms with E-state index in [1.165, 1.54) is 18.2 Å². The van der Waals surface area contributed by atoms with E-state index in [4.69, 9.17) is 16.3 Å². The van der Waals surface area contributed by atoms with Crippen LogP contribution < -0.4 is 14.8 Å². The summed E-state index contributed by atoms with van der Waals surface area (Å²) in [7, 11) is -2.36. The Balaban J connectivity index is 1.46. The number of hydrogen-bond acceptors (Lipinski definition) is 4. The molecule has 3 atom stereocenters.